The third kappa shape index (κ3) is 6.53. The number of amides is 2. The molecule has 1 aliphatic carbocycles. The monoisotopic (exact) mass is 331 g/mol. The molecule has 6 heteroatoms. The zero-order chi connectivity index (χ0) is 15.1. The van der Waals surface area contributed by atoms with Crippen molar-refractivity contribution in [2.75, 3.05) is 13.1 Å². The summed E-state index contributed by atoms with van der Waals surface area (Å²) >= 11 is 0. The van der Waals surface area contributed by atoms with Crippen molar-refractivity contribution < 1.29 is 9.59 Å². The molecule has 0 bridgehead atoms. The zero-order valence-corrected chi connectivity index (χ0v) is 14.3. The normalized spacial score (nSPS) is 21.5. The van der Waals surface area contributed by atoms with Crippen molar-refractivity contribution in [3.05, 3.63) is 0 Å². The number of nitrogens with one attached hydrogen (secondary N) is 3. The predicted molar refractivity (Wildman–Crippen MR) is 90.1 cm³/mol. The van der Waals surface area contributed by atoms with Crippen molar-refractivity contribution in [3.63, 3.8) is 0 Å². The van der Waals surface area contributed by atoms with Crippen LogP contribution >= 0.6 is 12.4 Å². The molecule has 5 nitrogen and oxygen atoms in total. The number of halogens is 1. The highest BCUT2D eigenvalue weighted by molar-refractivity contribution is 5.87. The second-order valence-corrected chi connectivity index (χ2v) is 6.53. The number of rotatable bonds is 5. The van der Waals surface area contributed by atoms with Crippen LogP contribution in [0.25, 0.3) is 0 Å². The molecule has 2 fully saturated rings. The van der Waals surface area contributed by atoms with E-state index in [1.807, 2.05) is 0 Å². The van der Waals surface area contributed by atoms with Gasteiger partial charge in [0.25, 0.3) is 0 Å². The summed E-state index contributed by atoms with van der Waals surface area (Å²) in [7, 11) is 0. The van der Waals surface area contributed by atoms with Gasteiger partial charge in [-0.2, -0.15) is 0 Å². The molecule has 2 amide bonds. The molecule has 0 aromatic carbocycles. The first-order chi connectivity index (χ1) is 10.1. The Labute approximate surface area is 139 Å². The molecule has 0 aromatic heterocycles. The van der Waals surface area contributed by atoms with Gasteiger partial charge >= 0.3 is 0 Å². The highest BCUT2D eigenvalue weighted by atomic mass is 35.5. The van der Waals surface area contributed by atoms with Gasteiger partial charge in [-0.1, -0.05) is 19.3 Å². The van der Waals surface area contributed by atoms with Gasteiger partial charge in [0.2, 0.25) is 11.8 Å². The Balaban J connectivity index is 0.00000242. The van der Waals surface area contributed by atoms with Gasteiger partial charge < -0.3 is 16.0 Å². The average molecular weight is 332 g/mol. The van der Waals surface area contributed by atoms with Crippen LogP contribution in [0.15, 0.2) is 0 Å². The maximum Gasteiger partial charge on any atom is 0.242 e. The van der Waals surface area contributed by atoms with E-state index < -0.39 is 6.04 Å². The Morgan fingerprint density at radius 3 is 2.36 bits per heavy atom. The molecule has 3 N–H and O–H groups in total. The van der Waals surface area contributed by atoms with E-state index in [1.54, 1.807) is 6.92 Å². The highest BCUT2D eigenvalue weighted by Gasteiger charge is 2.22. The van der Waals surface area contributed by atoms with Gasteiger partial charge in [0.1, 0.15) is 6.04 Å². The van der Waals surface area contributed by atoms with Crippen molar-refractivity contribution in [2.24, 2.45) is 5.92 Å². The van der Waals surface area contributed by atoms with E-state index in [4.69, 9.17) is 0 Å². The van der Waals surface area contributed by atoms with Crippen LogP contribution in [0.2, 0.25) is 0 Å². The van der Waals surface area contributed by atoms with E-state index in [9.17, 15) is 9.59 Å². The maximum absolute atomic E-state index is 12.1. The minimum absolute atomic E-state index is 0. The first-order valence-corrected chi connectivity index (χ1v) is 8.45. The molecular weight excluding hydrogens is 302 g/mol. The van der Waals surface area contributed by atoms with Crippen molar-refractivity contribution in [1.29, 1.82) is 0 Å². The van der Waals surface area contributed by atoms with Crippen molar-refractivity contribution in [2.45, 2.75) is 70.4 Å². The Bertz CT molecular complexity index is 353. The first-order valence-electron chi connectivity index (χ1n) is 8.45. The van der Waals surface area contributed by atoms with Gasteiger partial charge in [-0.05, 0) is 51.6 Å². The second-order valence-electron chi connectivity index (χ2n) is 6.53. The topological polar surface area (TPSA) is 70.2 Å². The van der Waals surface area contributed by atoms with Crippen molar-refractivity contribution in [1.82, 2.24) is 16.0 Å². The lowest BCUT2D eigenvalue weighted by Gasteiger charge is -2.26. The summed E-state index contributed by atoms with van der Waals surface area (Å²) in [5.74, 6) is 0.479. The Hall–Kier alpha value is -0.810. The zero-order valence-electron chi connectivity index (χ0n) is 13.5. The fourth-order valence-corrected chi connectivity index (χ4v) is 3.31. The summed E-state index contributed by atoms with van der Waals surface area (Å²) in [6, 6.07) is -0.188. The summed E-state index contributed by atoms with van der Waals surface area (Å²) in [4.78, 5) is 24.1. The van der Waals surface area contributed by atoms with E-state index in [1.165, 1.54) is 19.3 Å². The lowest BCUT2D eigenvalue weighted by atomic mass is 9.87. The SMILES string of the molecule is CC(NC(=O)CC1CCCCC1)C(=O)NC1CCNCC1.Cl. The van der Waals surface area contributed by atoms with Crippen LogP contribution in [0, 0.1) is 5.92 Å². The maximum atomic E-state index is 12.1. The molecule has 128 valence electrons. The van der Waals surface area contributed by atoms with E-state index in [2.05, 4.69) is 16.0 Å². The van der Waals surface area contributed by atoms with Crippen LogP contribution in [-0.4, -0.2) is 37.0 Å². The molecule has 1 unspecified atom stereocenters. The third-order valence-electron chi connectivity index (χ3n) is 4.66. The average Bonchev–Trinajstić information content (AvgIpc) is 2.49. The lowest BCUT2D eigenvalue weighted by molar-refractivity contribution is -0.129. The molecule has 1 atom stereocenters. The summed E-state index contributed by atoms with van der Waals surface area (Å²) < 4.78 is 0. The van der Waals surface area contributed by atoms with Crippen LogP contribution in [0.5, 0.6) is 0 Å². The molecule has 1 saturated carbocycles. The second kappa shape index (κ2) is 10.1. The number of hydrogen-bond acceptors (Lipinski definition) is 3. The number of carbonyl (C=O) groups excluding carboxylic acids is 2. The molecule has 2 rings (SSSR count). The lowest BCUT2D eigenvalue weighted by Crippen LogP contribution is -2.50. The van der Waals surface area contributed by atoms with Gasteiger partial charge in [-0.3, -0.25) is 9.59 Å². The summed E-state index contributed by atoms with van der Waals surface area (Å²) in [6.07, 6.45) is 8.60. The van der Waals surface area contributed by atoms with Gasteiger partial charge in [-0.15, -0.1) is 12.4 Å². The van der Waals surface area contributed by atoms with Crippen LogP contribution in [-0.2, 0) is 9.59 Å². The summed E-state index contributed by atoms with van der Waals surface area (Å²) in [6.45, 7) is 3.68. The molecule has 1 heterocycles. The van der Waals surface area contributed by atoms with Crippen LogP contribution < -0.4 is 16.0 Å². The fraction of sp³-hybridized carbons (Fsp3) is 0.875. The quantitative estimate of drug-likeness (QED) is 0.719. The molecule has 1 saturated heterocycles. The Kier molecular flexibility index (Phi) is 8.79. The third-order valence-corrected chi connectivity index (χ3v) is 4.66. The molecule has 0 radical (unpaired) electrons. The number of carbonyl (C=O) groups is 2. The molecule has 2 aliphatic rings. The molecule has 1 aliphatic heterocycles. The molecule has 22 heavy (non-hydrogen) atoms. The fourth-order valence-electron chi connectivity index (χ4n) is 3.31. The molecule has 0 spiro atoms. The van der Waals surface area contributed by atoms with Gasteiger partial charge in [0.15, 0.2) is 0 Å². The standard InChI is InChI=1S/C16H29N3O2.ClH/c1-12(16(21)19-14-7-9-17-10-8-14)18-15(20)11-13-5-3-2-4-6-13;/h12-14,17H,2-11H2,1H3,(H,18,20)(H,19,21);1H. The van der Waals surface area contributed by atoms with Crippen molar-refractivity contribution in [3.8, 4) is 0 Å². The van der Waals surface area contributed by atoms with Crippen LogP contribution in [0.3, 0.4) is 0 Å². The van der Waals surface area contributed by atoms with E-state index in [-0.39, 0.29) is 30.3 Å². The minimum atomic E-state index is -0.434. The van der Waals surface area contributed by atoms with Gasteiger partial charge in [-0.25, -0.2) is 0 Å². The summed E-state index contributed by atoms with van der Waals surface area (Å²) in [5, 5.41) is 9.16. The largest absolute Gasteiger partial charge is 0.351 e. The Morgan fingerprint density at radius 1 is 1.09 bits per heavy atom. The Morgan fingerprint density at radius 2 is 1.73 bits per heavy atom. The minimum Gasteiger partial charge on any atom is -0.351 e. The van der Waals surface area contributed by atoms with E-state index >= 15 is 0 Å². The first kappa shape index (κ1) is 19.2. The molecule has 0 aromatic rings. The van der Waals surface area contributed by atoms with E-state index in [0.717, 1.165) is 38.8 Å². The van der Waals surface area contributed by atoms with Gasteiger partial charge in [0.05, 0.1) is 0 Å². The molecular formula is C16H30ClN3O2. The van der Waals surface area contributed by atoms with Gasteiger partial charge in [0, 0.05) is 12.5 Å². The van der Waals surface area contributed by atoms with Crippen molar-refractivity contribution >= 4 is 24.2 Å². The van der Waals surface area contributed by atoms with E-state index in [0.29, 0.717) is 12.3 Å². The summed E-state index contributed by atoms with van der Waals surface area (Å²) in [5.41, 5.74) is 0. The van der Waals surface area contributed by atoms with Crippen LogP contribution in [0.4, 0.5) is 0 Å². The number of hydrogen-bond donors (Lipinski definition) is 3. The number of piperidine rings is 1. The highest BCUT2D eigenvalue weighted by Crippen LogP contribution is 2.26. The smallest absolute Gasteiger partial charge is 0.242 e. The van der Waals surface area contributed by atoms with Crippen LogP contribution in [0.1, 0.15) is 58.3 Å². The predicted octanol–water partition coefficient (Wildman–Crippen LogP) is 1.75.